The lowest BCUT2D eigenvalue weighted by Crippen LogP contribution is -2.29. The van der Waals surface area contributed by atoms with Crippen molar-refractivity contribution in [3.8, 4) is 6.07 Å². The summed E-state index contributed by atoms with van der Waals surface area (Å²) in [6.07, 6.45) is 3.18. The molecular weight excluding hydrogens is 424 g/mol. The minimum atomic E-state index is -1.09. The van der Waals surface area contributed by atoms with Crippen LogP contribution in [-0.2, 0) is 6.54 Å². The minimum absolute atomic E-state index is 0.116. The van der Waals surface area contributed by atoms with Crippen LogP contribution in [0.4, 0.5) is 0 Å². The molecule has 1 atom stereocenters. The van der Waals surface area contributed by atoms with Crippen molar-refractivity contribution in [2.45, 2.75) is 12.5 Å². The summed E-state index contributed by atoms with van der Waals surface area (Å²) in [6.45, 7) is 0.116. The average molecular weight is 438 g/mol. The van der Waals surface area contributed by atoms with Gasteiger partial charge in [0.05, 0.1) is 34.0 Å². The van der Waals surface area contributed by atoms with Crippen LogP contribution in [0.25, 0.3) is 10.2 Å². The molecule has 0 fully saturated rings. The largest absolute Gasteiger partial charge is 0.292 e. The van der Waals surface area contributed by atoms with Crippen LogP contribution >= 0.6 is 11.3 Å². The molecule has 0 spiro atoms. The number of hydrogen-bond donors (Lipinski definition) is 0. The van der Waals surface area contributed by atoms with Crippen LogP contribution in [0.1, 0.15) is 47.6 Å². The molecule has 2 aromatic carbocycles. The van der Waals surface area contributed by atoms with Gasteiger partial charge in [-0.15, -0.1) is 11.3 Å². The number of nitriles is 1. The molecule has 1 aliphatic heterocycles. The lowest BCUT2D eigenvalue weighted by Gasteiger charge is -2.13. The van der Waals surface area contributed by atoms with Crippen molar-refractivity contribution in [1.29, 1.82) is 5.26 Å². The Labute approximate surface area is 186 Å². The lowest BCUT2D eigenvalue weighted by atomic mass is 9.96. The number of benzene rings is 2. The van der Waals surface area contributed by atoms with Crippen molar-refractivity contribution in [2.24, 2.45) is 0 Å². The van der Waals surface area contributed by atoms with Gasteiger partial charge in [-0.25, -0.2) is 4.98 Å². The second kappa shape index (κ2) is 7.80. The van der Waals surface area contributed by atoms with Crippen molar-refractivity contribution >= 4 is 39.2 Å². The van der Waals surface area contributed by atoms with E-state index in [1.54, 1.807) is 24.5 Å². The number of aromatic nitrogens is 2. The first-order valence-electron chi connectivity index (χ1n) is 9.75. The Morgan fingerprint density at radius 1 is 1.03 bits per heavy atom. The molecule has 5 rings (SSSR count). The maximum atomic E-state index is 13.1. The monoisotopic (exact) mass is 438 g/mol. The average Bonchev–Trinajstić information content (AvgIpc) is 3.35. The van der Waals surface area contributed by atoms with Gasteiger partial charge in [-0.05, 0) is 42.0 Å². The quantitative estimate of drug-likeness (QED) is 0.345. The van der Waals surface area contributed by atoms with Gasteiger partial charge in [0.25, 0.3) is 11.8 Å². The number of pyridine rings is 1. The summed E-state index contributed by atoms with van der Waals surface area (Å²) in [6, 6.07) is 17.3. The zero-order chi connectivity index (χ0) is 22.2. The molecule has 7 nitrogen and oxygen atoms in total. The second-order valence-electron chi connectivity index (χ2n) is 7.26. The number of ketones is 1. The van der Waals surface area contributed by atoms with E-state index >= 15 is 0 Å². The molecule has 8 heteroatoms. The number of fused-ring (bicyclic) bond motifs is 2. The molecule has 1 unspecified atom stereocenters. The molecular formula is C24H14N4O3S. The number of carbonyl (C=O) groups excluding carboxylic acids is 3. The Balaban J connectivity index is 1.45. The number of amides is 2. The van der Waals surface area contributed by atoms with Crippen molar-refractivity contribution < 1.29 is 14.4 Å². The van der Waals surface area contributed by atoms with Gasteiger partial charge in [0.2, 0.25) is 0 Å². The van der Waals surface area contributed by atoms with Crippen molar-refractivity contribution in [3.05, 3.63) is 94.3 Å². The minimum Gasteiger partial charge on any atom is -0.292 e. The Morgan fingerprint density at radius 3 is 2.53 bits per heavy atom. The summed E-state index contributed by atoms with van der Waals surface area (Å²) < 4.78 is 0.886. The van der Waals surface area contributed by atoms with E-state index in [4.69, 9.17) is 0 Å². The number of hydrogen-bond acceptors (Lipinski definition) is 7. The highest BCUT2D eigenvalue weighted by molar-refractivity contribution is 7.18. The van der Waals surface area contributed by atoms with E-state index in [2.05, 4.69) is 9.97 Å². The summed E-state index contributed by atoms with van der Waals surface area (Å²) in [5.41, 5.74) is 2.10. The first-order chi connectivity index (χ1) is 15.6. The summed E-state index contributed by atoms with van der Waals surface area (Å²) in [7, 11) is 0. The number of thiazole rings is 1. The molecule has 1 aliphatic rings. The van der Waals surface area contributed by atoms with Crippen LogP contribution in [0.5, 0.6) is 0 Å². The second-order valence-corrected chi connectivity index (χ2v) is 8.32. The zero-order valence-corrected chi connectivity index (χ0v) is 17.4. The molecule has 32 heavy (non-hydrogen) atoms. The van der Waals surface area contributed by atoms with E-state index in [-0.39, 0.29) is 23.2 Å². The lowest BCUT2D eigenvalue weighted by molar-refractivity contribution is 0.0642. The topological polar surface area (TPSA) is 104 Å². The number of Topliss-reactive ketones (excluding diaryl/α,β-unsaturated/α-hetero) is 1. The number of carbonyl (C=O) groups is 3. The number of para-hydroxylation sites is 1. The van der Waals surface area contributed by atoms with E-state index in [0.29, 0.717) is 5.01 Å². The third-order valence-electron chi connectivity index (χ3n) is 5.29. The summed E-state index contributed by atoms with van der Waals surface area (Å²) >= 11 is 1.29. The summed E-state index contributed by atoms with van der Waals surface area (Å²) in [4.78, 5) is 48.3. The zero-order valence-electron chi connectivity index (χ0n) is 16.6. The van der Waals surface area contributed by atoms with E-state index in [1.807, 2.05) is 30.3 Å². The first kappa shape index (κ1) is 19.7. The van der Waals surface area contributed by atoms with Gasteiger partial charge in [-0.2, -0.15) is 5.26 Å². The van der Waals surface area contributed by atoms with Gasteiger partial charge in [0, 0.05) is 18.0 Å². The Bertz CT molecular complexity index is 1410. The molecule has 0 bridgehead atoms. The highest BCUT2D eigenvalue weighted by Crippen LogP contribution is 2.31. The van der Waals surface area contributed by atoms with Crippen LogP contribution < -0.4 is 0 Å². The van der Waals surface area contributed by atoms with Gasteiger partial charge < -0.3 is 0 Å². The van der Waals surface area contributed by atoms with Crippen LogP contribution in [0.3, 0.4) is 0 Å². The Kier molecular flexibility index (Phi) is 4.81. The number of imide groups is 1. The molecule has 2 amide bonds. The first-order valence-corrected chi connectivity index (χ1v) is 10.6. The highest BCUT2D eigenvalue weighted by Gasteiger charge is 2.36. The highest BCUT2D eigenvalue weighted by atomic mass is 32.1. The fourth-order valence-electron chi connectivity index (χ4n) is 3.66. The van der Waals surface area contributed by atoms with Crippen molar-refractivity contribution in [3.63, 3.8) is 0 Å². The Morgan fingerprint density at radius 2 is 1.78 bits per heavy atom. The SMILES string of the molecule is N#CC(C(=O)c1ccc2c(c1)C(=O)N(Cc1ccncc1)C2=O)c1nc2ccccc2s1. The fourth-order valence-corrected chi connectivity index (χ4v) is 4.68. The molecule has 0 aliphatic carbocycles. The van der Waals surface area contributed by atoms with Crippen LogP contribution in [-0.4, -0.2) is 32.5 Å². The van der Waals surface area contributed by atoms with Gasteiger partial charge >= 0.3 is 0 Å². The maximum Gasteiger partial charge on any atom is 0.261 e. The van der Waals surface area contributed by atoms with Crippen LogP contribution in [0.2, 0.25) is 0 Å². The van der Waals surface area contributed by atoms with E-state index < -0.39 is 23.5 Å². The standard InChI is InChI=1S/C24H14N4O3S/c25-12-18(22-27-19-3-1-2-4-20(19)32-22)21(29)15-5-6-16-17(11-15)24(31)28(23(16)30)13-14-7-9-26-10-8-14/h1-11,18H,13H2. The van der Waals surface area contributed by atoms with Gasteiger partial charge in [-0.3, -0.25) is 24.3 Å². The van der Waals surface area contributed by atoms with E-state index in [1.165, 1.54) is 29.5 Å². The number of nitrogens with zero attached hydrogens (tertiary/aromatic N) is 4. The third-order valence-corrected chi connectivity index (χ3v) is 6.40. The van der Waals surface area contributed by atoms with Crippen LogP contribution in [0.15, 0.2) is 67.0 Å². The fraction of sp³-hybridized carbons (Fsp3) is 0.0833. The Hall–Kier alpha value is -4.22. The summed E-state index contributed by atoms with van der Waals surface area (Å²) in [5, 5.41) is 10.1. The summed E-state index contributed by atoms with van der Waals surface area (Å²) in [5.74, 6) is -2.43. The van der Waals surface area contributed by atoms with Crippen molar-refractivity contribution in [2.75, 3.05) is 0 Å². The molecule has 3 heterocycles. The molecule has 0 N–H and O–H groups in total. The van der Waals surface area contributed by atoms with Crippen LogP contribution in [0, 0.1) is 11.3 Å². The molecule has 0 saturated heterocycles. The van der Waals surface area contributed by atoms with Crippen molar-refractivity contribution in [1.82, 2.24) is 14.9 Å². The number of rotatable bonds is 5. The molecule has 0 saturated carbocycles. The normalized spacial score (nSPS) is 13.8. The molecule has 0 radical (unpaired) electrons. The molecule has 154 valence electrons. The molecule has 4 aromatic rings. The van der Waals surface area contributed by atoms with Gasteiger partial charge in [-0.1, -0.05) is 18.2 Å². The van der Waals surface area contributed by atoms with E-state index in [0.717, 1.165) is 20.7 Å². The third kappa shape index (κ3) is 3.25. The smallest absolute Gasteiger partial charge is 0.261 e. The predicted octanol–water partition coefficient (Wildman–Crippen LogP) is 3.98. The predicted molar refractivity (Wildman–Crippen MR) is 117 cm³/mol. The van der Waals surface area contributed by atoms with Gasteiger partial charge in [0.15, 0.2) is 11.7 Å². The maximum absolute atomic E-state index is 13.1. The molecule has 2 aromatic heterocycles. The van der Waals surface area contributed by atoms with E-state index in [9.17, 15) is 19.6 Å². The van der Waals surface area contributed by atoms with Gasteiger partial charge in [0.1, 0.15) is 5.01 Å².